The lowest BCUT2D eigenvalue weighted by molar-refractivity contribution is 0.0867. The Bertz CT molecular complexity index is 188. The van der Waals surface area contributed by atoms with Crippen molar-refractivity contribution in [3.63, 3.8) is 0 Å². The number of nitrogens with one attached hydrogen (secondary N) is 1. The summed E-state index contributed by atoms with van der Waals surface area (Å²) in [6.45, 7) is 1.96. The smallest absolute Gasteiger partial charge is 0.0585 e. The molecule has 2 saturated carbocycles. The highest BCUT2D eigenvalue weighted by atomic mass is 16.5. The van der Waals surface area contributed by atoms with Gasteiger partial charge < -0.3 is 15.2 Å². The SMILES string of the molecule is OCC(CCOCC1CCCC1)NC1CC1. The summed E-state index contributed by atoms with van der Waals surface area (Å²) in [6.07, 6.45) is 8.97. The van der Waals surface area contributed by atoms with Crippen LogP contribution in [0.3, 0.4) is 0 Å². The fourth-order valence-electron chi connectivity index (χ4n) is 2.46. The van der Waals surface area contributed by atoms with Gasteiger partial charge in [-0.05, 0) is 38.0 Å². The van der Waals surface area contributed by atoms with Crippen LogP contribution in [-0.4, -0.2) is 37.0 Å². The number of hydrogen-bond acceptors (Lipinski definition) is 3. The first-order chi connectivity index (χ1) is 7.88. The van der Waals surface area contributed by atoms with E-state index in [1.54, 1.807) is 0 Å². The molecule has 0 spiro atoms. The van der Waals surface area contributed by atoms with Crippen molar-refractivity contribution in [2.45, 2.75) is 57.0 Å². The number of aliphatic hydroxyl groups is 1. The molecule has 1 unspecified atom stereocenters. The molecule has 0 saturated heterocycles. The van der Waals surface area contributed by atoms with E-state index in [2.05, 4.69) is 5.32 Å². The molecule has 3 nitrogen and oxygen atoms in total. The number of hydrogen-bond donors (Lipinski definition) is 2. The summed E-state index contributed by atoms with van der Waals surface area (Å²) in [7, 11) is 0. The fraction of sp³-hybridized carbons (Fsp3) is 1.00. The first kappa shape index (κ1) is 12.3. The van der Waals surface area contributed by atoms with E-state index in [1.807, 2.05) is 0 Å². The zero-order valence-corrected chi connectivity index (χ0v) is 10.2. The van der Waals surface area contributed by atoms with Crippen molar-refractivity contribution in [3.8, 4) is 0 Å². The minimum absolute atomic E-state index is 0.239. The molecule has 2 aliphatic carbocycles. The Kier molecular flexibility index (Phi) is 5.07. The van der Waals surface area contributed by atoms with Gasteiger partial charge in [0.1, 0.15) is 0 Å². The largest absolute Gasteiger partial charge is 0.395 e. The number of rotatable bonds is 8. The van der Waals surface area contributed by atoms with Crippen LogP contribution in [0.5, 0.6) is 0 Å². The minimum Gasteiger partial charge on any atom is -0.395 e. The zero-order valence-electron chi connectivity index (χ0n) is 10.2. The molecular weight excluding hydrogens is 202 g/mol. The Morgan fingerprint density at radius 1 is 1.19 bits per heavy atom. The third-order valence-electron chi connectivity index (χ3n) is 3.71. The van der Waals surface area contributed by atoms with E-state index in [0.29, 0.717) is 6.04 Å². The maximum Gasteiger partial charge on any atom is 0.0585 e. The van der Waals surface area contributed by atoms with Gasteiger partial charge in [0.15, 0.2) is 0 Å². The highest BCUT2D eigenvalue weighted by Crippen LogP contribution is 2.24. The summed E-state index contributed by atoms with van der Waals surface area (Å²) in [5, 5.41) is 12.6. The molecule has 2 aliphatic rings. The maximum absolute atomic E-state index is 9.20. The van der Waals surface area contributed by atoms with Crippen molar-refractivity contribution in [1.82, 2.24) is 5.32 Å². The van der Waals surface area contributed by atoms with Crippen LogP contribution in [0.25, 0.3) is 0 Å². The van der Waals surface area contributed by atoms with Crippen LogP contribution in [-0.2, 0) is 4.74 Å². The monoisotopic (exact) mass is 227 g/mol. The Labute approximate surface area is 98.6 Å². The Morgan fingerprint density at radius 2 is 1.94 bits per heavy atom. The minimum atomic E-state index is 0.239. The predicted octanol–water partition coefficient (Wildman–Crippen LogP) is 1.70. The molecule has 3 heteroatoms. The van der Waals surface area contributed by atoms with Crippen LogP contribution >= 0.6 is 0 Å². The molecule has 0 bridgehead atoms. The van der Waals surface area contributed by atoms with Crippen LogP contribution in [0.1, 0.15) is 44.9 Å². The Balaban J connectivity index is 1.48. The van der Waals surface area contributed by atoms with Crippen molar-refractivity contribution in [2.24, 2.45) is 5.92 Å². The van der Waals surface area contributed by atoms with Gasteiger partial charge in [-0.3, -0.25) is 0 Å². The van der Waals surface area contributed by atoms with E-state index in [0.717, 1.165) is 25.6 Å². The lowest BCUT2D eigenvalue weighted by Crippen LogP contribution is -2.35. The number of aliphatic hydroxyl groups excluding tert-OH is 1. The van der Waals surface area contributed by atoms with Gasteiger partial charge in [0.2, 0.25) is 0 Å². The second kappa shape index (κ2) is 6.58. The van der Waals surface area contributed by atoms with E-state index in [4.69, 9.17) is 4.74 Å². The van der Waals surface area contributed by atoms with Crippen molar-refractivity contribution in [2.75, 3.05) is 19.8 Å². The highest BCUT2D eigenvalue weighted by molar-refractivity contribution is 4.84. The molecule has 94 valence electrons. The van der Waals surface area contributed by atoms with E-state index in [9.17, 15) is 5.11 Å². The van der Waals surface area contributed by atoms with E-state index in [-0.39, 0.29) is 12.6 Å². The summed E-state index contributed by atoms with van der Waals surface area (Å²) >= 11 is 0. The third kappa shape index (κ3) is 4.40. The quantitative estimate of drug-likeness (QED) is 0.620. The van der Waals surface area contributed by atoms with Crippen molar-refractivity contribution >= 4 is 0 Å². The van der Waals surface area contributed by atoms with Crippen LogP contribution in [0.2, 0.25) is 0 Å². The average Bonchev–Trinajstić information content (AvgIpc) is 2.96. The Morgan fingerprint density at radius 3 is 2.56 bits per heavy atom. The molecule has 0 aromatic carbocycles. The molecule has 1 atom stereocenters. The number of ether oxygens (including phenoxy) is 1. The lowest BCUT2D eigenvalue weighted by atomic mass is 10.1. The predicted molar refractivity (Wildman–Crippen MR) is 64.4 cm³/mol. The molecule has 0 amide bonds. The van der Waals surface area contributed by atoms with Crippen LogP contribution in [0.4, 0.5) is 0 Å². The zero-order chi connectivity index (χ0) is 11.2. The lowest BCUT2D eigenvalue weighted by Gasteiger charge is -2.16. The average molecular weight is 227 g/mol. The Hall–Kier alpha value is -0.120. The third-order valence-corrected chi connectivity index (χ3v) is 3.71. The van der Waals surface area contributed by atoms with E-state index in [1.165, 1.54) is 38.5 Å². The van der Waals surface area contributed by atoms with Crippen molar-refractivity contribution in [1.29, 1.82) is 0 Å². The van der Waals surface area contributed by atoms with E-state index >= 15 is 0 Å². The second-order valence-corrected chi connectivity index (χ2v) is 5.33. The molecule has 0 heterocycles. The van der Waals surface area contributed by atoms with Crippen molar-refractivity contribution < 1.29 is 9.84 Å². The van der Waals surface area contributed by atoms with Gasteiger partial charge in [0.05, 0.1) is 6.61 Å². The molecule has 0 radical (unpaired) electrons. The van der Waals surface area contributed by atoms with Gasteiger partial charge in [-0.25, -0.2) is 0 Å². The molecule has 0 aliphatic heterocycles. The molecule has 0 aromatic rings. The molecule has 2 N–H and O–H groups in total. The molecule has 2 fully saturated rings. The summed E-state index contributed by atoms with van der Waals surface area (Å²) < 4.78 is 5.70. The standard InChI is InChI=1S/C13H25NO2/c15-9-13(14-12-5-6-12)7-8-16-10-11-3-1-2-4-11/h11-15H,1-10H2. The highest BCUT2D eigenvalue weighted by Gasteiger charge is 2.24. The van der Waals surface area contributed by atoms with Gasteiger partial charge in [0, 0.05) is 25.3 Å². The summed E-state index contributed by atoms with van der Waals surface area (Å²) in [4.78, 5) is 0. The first-order valence-electron chi connectivity index (χ1n) is 6.83. The topological polar surface area (TPSA) is 41.5 Å². The molecule has 2 rings (SSSR count). The fourth-order valence-corrected chi connectivity index (χ4v) is 2.46. The normalized spacial score (nSPS) is 23.8. The van der Waals surface area contributed by atoms with Gasteiger partial charge in [0.25, 0.3) is 0 Å². The van der Waals surface area contributed by atoms with E-state index < -0.39 is 0 Å². The second-order valence-electron chi connectivity index (χ2n) is 5.33. The van der Waals surface area contributed by atoms with Crippen molar-refractivity contribution in [3.05, 3.63) is 0 Å². The van der Waals surface area contributed by atoms with Crippen LogP contribution < -0.4 is 5.32 Å². The van der Waals surface area contributed by atoms with Crippen LogP contribution in [0, 0.1) is 5.92 Å². The first-order valence-corrected chi connectivity index (χ1v) is 6.83. The molecular formula is C13H25NO2. The van der Waals surface area contributed by atoms with Gasteiger partial charge in [-0.1, -0.05) is 12.8 Å². The molecule has 16 heavy (non-hydrogen) atoms. The maximum atomic E-state index is 9.20. The molecule has 0 aromatic heterocycles. The summed E-state index contributed by atoms with van der Waals surface area (Å²) in [5.74, 6) is 0.809. The van der Waals surface area contributed by atoms with Gasteiger partial charge in [-0.15, -0.1) is 0 Å². The van der Waals surface area contributed by atoms with Gasteiger partial charge in [-0.2, -0.15) is 0 Å². The van der Waals surface area contributed by atoms with Gasteiger partial charge >= 0.3 is 0 Å². The summed E-state index contributed by atoms with van der Waals surface area (Å²) in [5.41, 5.74) is 0. The summed E-state index contributed by atoms with van der Waals surface area (Å²) in [6, 6.07) is 0.920. The van der Waals surface area contributed by atoms with Crippen LogP contribution in [0.15, 0.2) is 0 Å².